The van der Waals surface area contributed by atoms with Gasteiger partial charge in [-0.1, -0.05) is 26.0 Å². The summed E-state index contributed by atoms with van der Waals surface area (Å²) in [6.45, 7) is 8.83. The third-order valence-electron chi connectivity index (χ3n) is 4.18. The van der Waals surface area contributed by atoms with Crippen LogP contribution in [0.3, 0.4) is 0 Å². The van der Waals surface area contributed by atoms with Gasteiger partial charge in [0.2, 0.25) is 0 Å². The lowest BCUT2D eigenvalue weighted by molar-refractivity contribution is -0.125. The molecule has 0 aliphatic carbocycles. The van der Waals surface area contributed by atoms with Gasteiger partial charge >= 0.3 is 12.0 Å². The number of nitrogens with one attached hydrogen (secondary N) is 3. The largest absolute Gasteiger partial charge is 0.452 e. The van der Waals surface area contributed by atoms with E-state index in [2.05, 4.69) is 22.0 Å². The van der Waals surface area contributed by atoms with Crippen molar-refractivity contribution < 1.29 is 19.1 Å². The molecule has 0 saturated heterocycles. The van der Waals surface area contributed by atoms with Gasteiger partial charge in [-0.05, 0) is 44.4 Å². The zero-order chi connectivity index (χ0) is 21.3. The molecule has 0 aromatic heterocycles. The van der Waals surface area contributed by atoms with Gasteiger partial charge in [-0.15, -0.1) is 0 Å². The van der Waals surface area contributed by atoms with Gasteiger partial charge in [-0.25, -0.2) is 9.59 Å². The van der Waals surface area contributed by atoms with Crippen molar-refractivity contribution in [2.45, 2.75) is 52.7 Å². The van der Waals surface area contributed by atoms with Gasteiger partial charge in [0.1, 0.15) is 5.54 Å². The third kappa shape index (κ3) is 7.27. The first-order valence-electron chi connectivity index (χ1n) is 9.10. The molecule has 1 aromatic rings. The van der Waals surface area contributed by atoms with Crippen molar-refractivity contribution in [3.05, 3.63) is 35.4 Å². The summed E-state index contributed by atoms with van der Waals surface area (Å²) in [7, 11) is 0. The first kappa shape index (κ1) is 23.0. The van der Waals surface area contributed by atoms with Crippen LogP contribution in [0.15, 0.2) is 24.3 Å². The summed E-state index contributed by atoms with van der Waals surface area (Å²) < 4.78 is 5.00. The second-order valence-electron chi connectivity index (χ2n) is 7.27. The van der Waals surface area contributed by atoms with E-state index < -0.39 is 24.0 Å². The molecule has 1 atom stereocenters. The number of hydrogen-bond donors (Lipinski definition) is 3. The van der Waals surface area contributed by atoms with E-state index in [-0.39, 0.29) is 23.6 Å². The lowest BCUT2D eigenvalue weighted by atomic mass is 9.90. The van der Waals surface area contributed by atoms with Crippen molar-refractivity contribution in [2.24, 2.45) is 5.92 Å². The molecule has 0 bridgehead atoms. The number of urea groups is 1. The topological polar surface area (TPSA) is 120 Å². The predicted octanol–water partition coefficient (Wildman–Crippen LogP) is 2.11. The normalized spacial score (nSPS) is 12.6. The van der Waals surface area contributed by atoms with Crippen LogP contribution < -0.4 is 16.0 Å². The highest BCUT2D eigenvalue weighted by atomic mass is 16.5. The molecule has 28 heavy (non-hydrogen) atoms. The fourth-order valence-electron chi connectivity index (χ4n) is 2.10. The quantitative estimate of drug-likeness (QED) is 0.589. The second-order valence-corrected chi connectivity index (χ2v) is 7.27. The molecule has 0 heterocycles. The first-order valence-corrected chi connectivity index (χ1v) is 9.10. The molecule has 8 heteroatoms. The molecular weight excluding hydrogens is 360 g/mol. The van der Waals surface area contributed by atoms with Gasteiger partial charge in [0.25, 0.3) is 5.91 Å². The highest BCUT2D eigenvalue weighted by molar-refractivity contribution is 5.91. The molecule has 0 fully saturated rings. The van der Waals surface area contributed by atoms with Crippen molar-refractivity contribution in [1.82, 2.24) is 16.0 Å². The average Bonchev–Trinajstić information content (AvgIpc) is 2.64. The molecule has 0 aliphatic heterocycles. The molecule has 1 aromatic carbocycles. The number of rotatable bonds is 8. The zero-order valence-electron chi connectivity index (χ0n) is 17.0. The van der Waals surface area contributed by atoms with Gasteiger partial charge in [0.15, 0.2) is 6.61 Å². The molecule has 8 nitrogen and oxygen atoms in total. The molecule has 3 amide bonds. The van der Waals surface area contributed by atoms with Crippen LogP contribution in [0.1, 0.15) is 50.5 Å². The van der Waals surface area contributed by atoms with Gasteiger partial charge in [0, 0.05) is 12.6 Å². The molecule has 0 saturated carbocycles. The van der Waals surface area contributed by atoms with Crippen LogP contribution in [0.25, 0.3) is 0 Å². The summed E-state index contributed by atoms with van der Waals surface area (Å²) in [5, 5.41) is 17.2. The van der Waals surface area contributed by atoms with E-state index in [1.165, 1.54) is 0 Å². The highest BCUT2D eigenvalue weighted by Crippen LogP contribution is 2.15. The Morgan fingerprint density at radius 3 is 2.25 bits per heavy atom. The van der Waals surface area contributed by atoms with Crippen LogP contribution in [0.2, 0.25) is 0 Å². The summed E-state index contributed by atoms with van der Waals surface area (Å²) in [6, 6.07) is 8.34. The van der Waals surface area contributed by atoms with E-state index in [1.807, 2.05) is 27.7 Å². The first-order chi connectivity index (χ1) is 13.1. The van der Waals surface area contributed by atoms with Gasteiger partial charge in [0.05, 0.1) is 11.6 Å². The SMILES string of the molecule is CC(C)NC(=O)NCc1ccc(C(=O)OCC(=O)N[C@@](C)(C#N)C(C)C)cc1. The zero-order valence-corrected chi connectivity index (χ0v) is 17.0. The Morgan fingerprint density at radius 1 is 1.14 bits per heavy atom. The number of hydrogen-bond acceptors (Lipinski definition) is 5. The number of benzene rings is 1. The molecule has 0 aliphatic rings. The number of carbonyl (C=O) groups is 3. The molecule has 0 unspecified atom stereocenters. The summed E-state index contributed by atoms with van der Waals surface area (Å²) in [5.41, 5.74) is 0.0741. The summed E-state index contributed by atoms with van der Waals surface area (Å²) in [6.07, 6.45) is 0. The van der Waals surface area contributed by atoms with E-state index in [0.29, 0.717) is 6.54 Å². The number of esters is 1. The Labute approximate surface area is 165 Å². The van der Waals surface area contributed by atoms with Crippen LogP contribution in [0.5, 0.6) is 0 Å². The fraction of sp³-hybridized carbons (Fsp3) is 0.500. The maximum atomic E-state index is 12.1. The van der Waals surface area contributed by atoms with E-state index >= 15 is 0 Å². The Morgan fingerprint density at radius 2 is 1.75 bits per heavy atom. The smallest absolute Gasteiger partial charge is 0.338 e. The molecular formula is C20H28N4O4. The van der Waals surface area contributed by atoms with Crippen molar-refractivity contribution in [3.63, 3.8) is 0 Å². The minimum Gasteiger partial charge on any atom is -0.452 e. The van der Waals surface area contributed by atoms with Crippen LogP contribution in [0.4, 0.5) is 4.79 Å². The highest BCUT2D eigenvalue weighted by Gasteiger charge is 2.30. The van der Waals surface area contributed by atoms with Crippen molar-refractivity contribution in [2.75, 3.05) is 6.61 Å². The van der Waals surface area contributed by atoms with E-state index in [4.69, 9.17) is 4.74 Å². The Hall–Kier alpha value is -3.08. The number of amides is 3. The van der Waals surface area contributed by atoms with Gasteiger partial charge < -0.3 is 20.7 Å². The number of ether oxygens (including phenoxy) is 1. The van der Waals surface area contributed by atoms with E-state index in [1.54, 1.807) is 31.2 Å². The summed E-state index contributed by atoms with van der Waals surface area (Å²) in [4.78, 5) is 35.6. The van der Waals surface area contributed by atoms with Crippen LogP contribution >= 0.6 is 0 Å². The van der Waals surface area contributed by atoms with Crippen molar-refractivity contribution in [1.29, 1.82) is 5.26 Å². The van der Waals surface area contributed by atoms with E-state index in [0.717, 1.165) is 5.56 Å². The summed E-state index contributed by atoms with van der Waals surface area (Å²) >= 11 is 0. The number of nitriles is 1. The standard InChI is InChI=1S/C20H28N4O4/c1-13(2)20(5,12-21)24-17(25)11-28-18(26)16-8-6-15(7-9-16)10-22-19(27)23-14(3)4/h6-9,13-14H,10-11H2,1-5H3,(H,24,25)(H2,22,23,27)/t20-/m0/s1. The summed E-state index contributed by atoms with van der Waals surface area (Å²) in [5.74, 6) is -1.28. The molecule has 152 valence electrons. The fourth-order valence-corrected chi connectivity index (χ4v) is 2.10. The number of carbonyl (C=O) groups excluding carboxylic acids is 3. The van der Waals surface area contributed by atoms with Crippen molar-refractivity contribution in [3.8, 4) is 6.07 Å². The van der Waals surface area contributed by atoms with Crippen LogP contribution in [-0.4, -0.2) is 36.1 Å². The van der Waals surface area contributed by atoms with Gasteiger partial charge in [-0.2, -0.15) is 5.26 Å². The maximum absolute atomic E-state index is 12.1. The predicted molar refractivity (Wildman–Crippen MR) is 104 cm³/mol. The molecule has 0 radical (unpaired) electrons. The maximum Gasteiger partial charge on any atom is 0.338 e. The molecule has 1 rings (SSSR count). The van der Waals surface area contributed by atoms with Gasteiger partial charge in [-0.3, -0.25) is 4.79 Å². The minimum absolute atomic E-state index is 0.0425. The van der Waals surface area contributed by atoms with Crippen LogP contribution in [0, 0.1) is 17.2 Å². The molecule has 0 spiro atoms. The molecule has 3 N–H and O–H groups in total. The Kier molecular flexibility index (Phi) is 8.45. The number of nitrogens with zero attached hydrogens (tertiary/aromatic N) is 1. The average molecular weight is 388 g/mol. The Bertz CT molecular complexity index is 738. The minimum atomic E-state index is -1.03. The second kappa shape index (κ2) is 10.3. The lowest BCUT2D eigenvalue weighted by Crippen LogP contribution is -2.50. The third-order valence-corrected chi connectivity index (χ3v) is 4.18. The lowest BCUT2D eigenvalue weighted by Gasteiger charge is -2.27. The monoisotopic (exact) mass is 388 g/mol. The Balaban J connectivity index is 2.52. The van der Waals surface area contributed by atoms with Crippen LogP contribution in [-0.2, 0) is 16.1 Å². The van der Waals surface area contributed by atoms with E-state index in [9.17, 15) is 19.6 Å². The van der Waals surface area contributed by atoms with Crippen molar-refractivity contribution >= 4 is 17.9 Å².